The fourth-order valence-corrected chi connectivity index (χ4v) is 1.72. The predicted molar refractivity (Wildman–Crippen MR) is 46.7 cm³/mol. The van der Waals surface area contributed by atoms with E-state index in [-0.39, 0.29) is 6.42 Å². The molecule has 0 atom stereocenters. The van der Waals surface area contributed by atoms with Gasteiger partial charge in [-0.15, -0.1) is 12.6 Å². The lowest BCUT2D eigenvalue weighted by atomic mass is 10.2. The maximum absolute atomic E-state index is 10.3. The highest BCUT2D eigenvalue weighted by Gasteiger charge is 2.11. The van der Waals surface area contributed by atoms with Crippen LogP contribution in [0.25, 0.3) is 0 Å². The molecule has 0 unspecified atom stereocenters. The topological polar surface area (TPSA) is 37.3 Å². The van der Waals surface area contributed by atoms with Crippen LogP contribution >= 0.6 is 12.6 Å². The molecule has 0 heterocycles. The first-order valence-corrected chi connectivity index (χ1v) is 4.26. The van der Waals surface area contributed by atoms with Gasteiger partial charge in [-0.2, -0.15) is 0 Å². The third-order valence-corrected chi connectivity index (χ3v) is 2.41. The van der Waals surface area contributed by atoms with E-state index in [4.69, 9.17) is 5.11 Å². The molecule has 1 aliphatic carbocycles. The van der Waals surface area contributed by atoms with Crippen LogP contribution in [0.5, 0.6) is 0 Å². The van der Waals surface area contributed by atoms with Crippen molar-refractivity contribution in [2.24, 2.45) is 0 Å². The van der Waals surface area contributed by atoms with Crippen molar-refractivity contribution in [3.63, 3.8) is 0 Å². The number of carbonyl (C=O) groups is 1. The Hall–Kier alpha value is -0.440. The third kappa shape index (κ3) is 2.58. The highest BCUT2D eigenvalue weighted by atomic mass is 32.1. The number of rotatable bonds is 2. The van der Waals surface area contributed by atoms with E-state index in [1.165, 1.54) is 18.4 Å². The monoisotopic (exact) mass is 172 g/mol. The molecule has 1 N–H and O–H groups in total. The molecule has 3 heteroatoms. The molecular weight excluding hydrogens is 160 g/mol. The van der Waals surface area contributed by atoms with E-state index in [9.17, 15) is 4.79 Å². The number of allylic oxidation sites excluding steroid dienone is 1. The second-order valence-electron chi connectivity index (χ2n) is 2.83. The molecule has 0 aromatic heterocycles. The number of thiol groups is 1. The van der Waals surface area contributed by atoms with Crippen molar-refractivity contribution >= 4 is 18.6 Å². The average Bonchev–Trinajstić information content (AvgIpc) is 2.35. The van der Waals surface area contributed by atoms with E-state index in [0.717, 1.165) is 17.7 Å². The molecule has 0 saturated heterocycles. The number of aliphatic carboxylic acids is 1. The van der Waals surface area contributed by atoms with Crippen LogP contribution < -0.4 is 0 Å². The number of carboxylic acid groups (broad SMARTS) is 1. The van der Waals surface area contributed by atoms with Crippen molar-refractivity contribution in [3.8, 4) is 0 Å². The summed E-state index contributed by atoms with van der Waals surface area (Å²) in [6, 6.07) is 0. The number of hydrogen-bond donors (Lipinski definition) is 2. The zero-order chi connectivity index (χ0) is 8.27. The molecule has 62 valence electrons. The summed E-state index contributed by atoms with van der Waals surface area (Å²) in [5, 5.41) is 8.46. The van der Waals surface area contributed by atoms with E-state index in [0.29, 0.717) is 0 Å². The van der Waals surface area contributed by atoms with Crippen molar-refractivity contribution < 1.29 is 9.90 Å². The van der Waals surface area contributed by atoms with E-state index in [2.05, 4.69) is 12.6 Å². The molecule has 11 heavy (non-hydrogen) atoms. The molecule has 0 bridgehead atoms. The van der Waals surface area contributed by atoms with Crippen LogP contribution in [-0.4, -0.2) is 11.1 Å². The van der Waals surface area contributed by atoms with Gasteiger partial charge in [0.25, 0.3) is 0 Å². The second kappa shape index (κ2) is 3.81. The fraction of sp³-hybridized carbons (Fsp3) is 0.625. The van der Waals surface area contributed by atoms with Gasteiger partial charge in [-0.05, 0) is 30.6 Å². The predicted octanol–water partition coefficient (Wildman–Crippen LogP) is 2.22. The van der Waals surface area contributed by atoms with Gasteiger partial charge >= 0.3 is 5.97 Å². The Morgan fingerprint density at radius 3 is 2.45 bits per heavy atom. The number of carboxylic acids is 1. The van der Waals surface area contributed by atoms with Gasteiger partial charge in [0.15, 0.2) is 0 Å². The fourth-order valence-electron chi connectivity index (χ4n) is 1.36. The molecule has 0 aliphatic heterocycles. The summed E-state index contributed by atoms with van der Waals surface area (Å²) >= 11 is 4.16. The summed E-state index contributed by atoms with van der Waals surface area (Å²) in [5.74, 6) is -0.783. The normalized spacial score (nSPS) is 17.0. The van der Waals surface area contributed by atoms with E-state index in [1.807, 2.05) is 0 Å². The average molecular weight is 172 g/mol. The summed E-state index contributed by atoms with van der Waals surface area (Å²) < 4.78 is 0. The van der Waals surface area contributed by atoms with Gasteiger partial charge in [0, 0.05) is 0 Å². The Kier molecular flexibility index (Phi) is 3.00. The van der Waals surface area contributed by atoms with E-state index >= 15 is 0 Å². The minimum atomic E-state index is -0.783. The Labute approximate surface area is 71.7 Å². The van der Waals surface area contributed by atoms with Crippen LogP contribution in [0.4, 0.5) is 0 Å². The van der Waals surface area contributed by atoms with Crippen molar-refractivity contribution in [2.75, 3.05) is 0 Å². The molecule has 1 aliphatic rings. The summed E-state index contributed by atoms with van der Waals surface area (Å²) in [7, 11) is 0. The Morgan fingerprint density at radius 2 is 2.00 bits per heavy atom. The first kappa shape index (κ1) is 8.65. The molecule has 0 spiro atoms. The van der Waals surface area contributed by atoms with Crippen LogP contribution in [0.1, 0.15) is 32.1 Å². The lowest BCUT2D eigenvalue weighted by Crippen LogP contribution is -1.95. The molecule has 2 nitrogen and oxygen atoms in total. The molecular formula is C8H12O2S. The largest absolute Gasteiger partial charge is 0.481 e. The summed E-state index contributed by atoms with van der Waals surface area (Å²) in [4.78, 5) is 11.1. The Bertz CT molecular complexity index is 188. The van der Waals surface area contributed by atoms with Gasteiger partial charge < -0.3 is 5.11 Å². The van der Waals surface area contributed by atoms with E-state index in [1.54, 1.807) is 0 Å². The quantitative estimate of drug-likeness (QED) is 0.627. The molecule has 0 aromatic rings. The van der Waals surface area contributed by atoms with E-state index < -0.39 is 5.97 Å². The first-order chi connectivity index (χ1) is 5.20. The second-order valence-corrected chi connectivity index (χ2v) is 3.37. The van der Waals surface area contributed by atoms with Crippen molar-refractivity contribution in [3.05, 3.63) is 10.5 Å². The maximum Gasteiger partial charge on any atom is 0.308 e. The number of hydrogen-bond acceptors (Lipinski definition) is 2. The third-order valence-electron chi connectivity index (χ3n) is 1.93. The zero-order valence-electron chi connectivity index (χ0n) is 6.34. The SMILES string of the molecule is O=C(O)CC(S)=C1CCCC1. The summed E-state index contributed by atoms with van der Waals surface area (Å²) in [6.07, 6.45) is 4.58. The molecule has 1 rings (SSSR count). The minimum absolute atomic E-state index is 0.0957. The molecule has 1 fully saturated rings. The smallest absolute Gasteiger partial charge is 0.308 e. The van der Waals surface area contributed by atoms with Crippen molar-refractivity contribution in [2.45, 2.75) is 32.1 Å². The highest BCUT2D eigenvalue weighted by Crippen LogP contribution is 2.29. The first-order valence-electron chi connectivity index (χ1n) is 3.82. The van der Waals surface area contributed by atoms with Crippen LogP contribution in [0.2, 0.25) is 0 Å². The summed E-state index contributed by atoms with van der Waals surface area (Å²) in [6.45, 7) is 0. The van der Waals surface area contributed by atoms with Gasteiger partial charge in [-0.1, -0.05) is 5.57 Å². The van der Waals surface area contributed by atoms with Gasteiger partial charge in [0.1, 0.15) is 0 Å². The van der Waals surface area contributed by atoms with Crippen molar-refractivity contribution in [1.82, 2.24) is 0 Å². The minimum Gasteiger partial charge on any atom is -0.481 e. The van der Waals surface area contributed by atoms with Gasteiger partial charge in [0.2, 0.25) is 0 Å². The Morgan fingerprint density at radius 1 is 1.45 bits per heavy atom. The van der Waals surface area contributed by atoms with Gasteiger partial charge in [-0.3, -0.25) is 4.79 Å². The Balaban J connectivity index is 2.55. The maximum atomic E-state index is 10.3. The standard InChI is InChI=1S/C8H12O2S/c9-8(10)5-7(11)6-3-1-2-4-6/h11H,1-5H2,(H,9,10). The van der Waals surface area contributed by atoms with Crippen LogP contribution in [0.15, 0.2) is 10.5 Å². The lowest BCUT2D eigenvalue weighted by Gasteiger charge is -2.00. The molecule has 0 radical (unpaired) electrons. The summed E-state index contributed by atoms with van der Waals surface area (Å²) in [5.41, 5.74) is 1.25. The zero-order valence-corrected chi connectivity index (χ0v) is 7.23. The van der Waals surface area contributed by atoms with Crippen molar-refractivity contribution in [1.29, 1.82) is 0 Å². The lowest BCUT2D eigenvalue weighted by molar-refractivity contribution is -0.136. The van der Waals surface area contributed by atoms with Gasteiger partial charge in [-0.25, -0.2) is 0 Å². The molecule has 0 aromatic carbocycles. The van der Waals surface area contributed by atoms with Crippen LogP contribution in [-0.2, 0) is 4.79 Å². The van der Waals surface area contributed by atoms with Crippen LogP contribution in [0, 0.1) is 0 Å². The molecule has 0 amide bonds. The highest BCUT2D eigenvalue weighted by molar-refractivity contribution is 7.84. The van der Waals surface area contributed by atoms with Gasteiger partial charge in [0.05, 0.1) is 6.42 Å². The van der Waals surface area contributed by atoms with Crippen LogP contribution in [0.3, 0.4) is 0 Å². The molecule has 1 saturated carbocycles.